The van der Waals surface area contributed by atoms with E-state index in [9.17, 15) is 0 Å². The molecule has 2 atom stereocenters. The summed E-state index contributed by atoms with van der Waals surface area (Å²) in [6.45, 7) is 2.32. The fourth-order valence-electron chi connectivity index (χ4n) is 2.94. The molecule has 2 aromatic rings. The van der Waals surface area contributed by atoms with E-state index in [1.807, 2.05) is 24.7 Å². The molecule has 94 valence electrons. The first-order valence-corrected chi connectivity index (χ1v) is 6.49. The van der Waals surface area contributed by atoms with Gasteiger partial charge < -0.3 is 10.3 Å². The standard InChI is InChI=1S/C14H18N4/c1-10-3-2-4-12(10)18-9-16-8-13(18)11-5-6-17-14(15)7-11/h5-10,12H,2-4H2,1H3,(H2,15,17). The summed E-state index contributed by atoms with van der Waals surface area (Å²) in [5, 5.41) is 0. The molecule has 2 heterocycles. The van der Waals surface area contributed by atoms with Crippen molar-refractivity contribution < 1.29 is 0 Å². The Hall–Kier alpha value is -1.84. The van der Waals surface area contributed by atoms with Crippen LogP contribution in [0.2, 0.25) is 0 Å². The molecule has 0 amide bonds. The molecule has 2 N–H and O–H groups in total. The SMILES string of the molecule is CC1CCCC1n1cncc1-c1ccnc(N)c1. The highest BCUT2D eigenvalue weighted by Crippen LogP contribution is 2.37. The van der Waals surface area contributed by atoms with Crippen LogP contribution < -0.4 is 5.73 Å². The second-order valence-electron chi connectivity index (χ2n) is 5.13. The maximum Gasteiger partial charge on any atom is 0.123 e. The van der Waals surface area contributed by atoms with Crippen LogP contribution in [0.1, 0.15) is 32.2 Å². The zero-order valence-electron chi connectivity index (χ0n) is 10.6. The second kappa shape index (κ2) is 4.44. The van der Waals surface area contributed by atoms with E-state index in [4.69, 9.17) is 5.73 Å². The molecule has 2 unspecified atom stereocenters. The molecule has 0 spiro atoms. The van der Waals surface area contributed by atoms with Gasteiger partial charge in [-0.1, -0.05) is 13.3 Å². The van der Waals surface area contributed by atoms with E-state index >= 15 is 0 Å². The quantitative estimate of drug-likeness (QED) is 0.881. The number of nitrogen functional groups attached to an aromatic ring is 1. The van der Waals surface area contributed by atoms with Gasteiger partial charge in [0.1, 0.15) is 5.82 Å². The normalized spacial score (nSPS) is 23.4. The second-order valence-corrected chi connectivity index (χ2v) is 5.13. The number of nitrogens with two attached hydrogens (primary N) is 1. The molecule has 0 bridgehead atoms. The minimum atomic E-state index is 0.555. The Kier molecular flexibility index (Phi) is 2.78. The van der Waals surface area contributed by atoms with Crippen LogP contribution in [0.15, 0.2) is 30.9 Å². The van der Waals surface area contributed by atoms with Crippen molar-refractivity contribution in [2.24, 2.45) is 5.92 Å². The molecule has 2 aromatic heterocycles. The fourth-order valence-corrected chi connectivity index (χ4v) is 2.94. The maximum absolute atomic E-state index is 5.75. The molecular formula is C14H18N4. The van der Waals surface area contributed by atoms with Gasteiger partial charge in [0.05, 0.1) is 18.2 Å². The van der Waals surface area contributed by atoms with Crippen molar-refractivity contribution in [3.05, 3.63) is 30.9 Å². The average molecular weight is 242 g/mol. The van der Waals surface area contributed by atoms with Crippen LogP contribution in [0.4, 0.5) is 5.82 Å². The smallest absolute Gasteiger partial charge is 0.123 e. The van der Waals surface area contributed by atoms with Crippen LogP contribution in [-0.2, 0) is 0 Å². The summed E-state index contributed by atoms with van der Waals surface area (Å²) in [7, 11) is 0. The van der Waals surface area contributed by atoms with E-state index < -0.39 is 0 Å². The largest absolute Gasteiger partial charge is 0.384 e. The fraction of sp³-hybridized carbons (Fsp3) is 0.429. The van der Waals surface area contributed by atoms with Crippen molar-refractivity contribution >= 4 is 5.82 Å². The summed E-state index contributed by atoms with van der Waals surface area (Å²) in [4.78, 5) is 8.35. The zero-order chi connectivity index (χ0) is 12.5. The minimum absolute atomic E-state index is 0.555. The van der Waals surface area contributed by atoms with E-state index in [1.165, 1.54) is 19.3 Å². The van der Waals surface area contributed by atoms with Crippen molar-refractivity contribution in [2.45, 2.75) is 32.2 Å². The first kappa shape index (κ1) is 11.3. The van der Waals surface area contributed by atoms with Gasteiger partial charge in [-0.05, 0) is 30.9 Å². The van der Waals surface area contributed by atoms with Crippen molar-refractivity contribution in [3.63, 3.8) is 0 Å². The minimum Gasteiger partial charge on any atom is -0.384 e. The van der Waals surface area contributed by atoms with Gasteiger partial charge in [0, 0.05) is 17.8 Å². The van der Waals surface area contributed by atoms with Crippen molar-refractivity contribution in [3.8, 4) is 11.3 Å². The lowest BCUT2D eigenvalue weighted by atomic mass is 10.1. The Labute approximate surface area is 107 Å². The molecule has 1 fully saturated rings. The molecule has 4 heteroatoms. The molecule has 0 saturated heterocycles. The van der Waals surface area contributed by atoms with Crippen LogP contribution in [0.5, 0.6) is 0 Å². The number of nitrogens with zero attached hydrogens (tertiary/aromatic N) is 3. The first-order valence-electron chi connectivity index (χ1n) is 6.49. The lowest BCUT2D eigenvalue weighted by molar-refractivity contribution is 0.410. The molecule has 0 aromatic carbocycles. The number of pyridine rings is 1. The van der Waals surface area contributed by atoms with Crippen LogP contribution in [0.3, 0.4) is 0 Å². The lowest BCUT2D eigenvalue weighted by Gasteiger charge is -2.20. The number of hydrogen-bond donors (Lipinski definition) is 1. The van der Waals surface area contributed by atoms with E-state index in [1.54, 1.807) is 6.20 Å². The third-order valence-electron chi connectivity index (χ3n) is 3.92. The Morgan fingerprint density at radius 3 is 3.00 bits per heavy atom. The van der Waals surface area contributed by atoms with Crippen molar-refractivity contribution in [1.29, 1.82) is 0 Å². The number of hydrogen-bond acceptors (Lipinski definition) is 3. The number of aromatic nitrogens is 3. The zero-order valence-corrected chi connectivity index (χ0v) is 10.6. The van der Waals surface area contributed by atoms with Crippen LogP contribution >= 0.6 is 0 Å². The molecule has 1 aliphatic rings. The van der Waals surface area contributed by atoms with Gasteiger partial charge in [0.15, 0.2) is 0 Å². The topological polar surface area (TPSA) is 56.7 Å². The van der Waals surface area contributed by atoms with Gasteiger partial charge in [-0.2, -0.15) is 0 Å². The Morgan fingerprint density at radius 2 is 2.28 bits per heavy atom. The molecule has 4 nitrogen and oxygen atoms in total. The summed E-state index contributed by atoms with van der Waals surface area (Å²) < 4.78 is 2.30. The third-order valence-corrected chi connectivity index (χ3v) is 3.92. The third kappa shape index (κ3) is 1.88. The van der Waals surface area contributed by atoms with Gasteiger partial charge in [-0.3, -0.25) is 0 Å². The van der Waals surface area contributed by atoms with Gasteiger partial charge >= 0.3 is 0 Å². The monoisotopic (exact) mass is 242 g/mol. The summed E-state index contributed by atoms with van der Waals surface area (Å²) in [5.41, 5.74) is 7.99. The number of anilines is 1. The van der Waals surface area contributed by atoms with E-state index in [0.29, 0.717) is 11.9 Å². The predicted octanol–water partition coefficient (Wildman–Crippen LogP) is 2.89. The first-order chi connectivity index (χ1) is 8.75. The van der Waals surface area contributed by atoms with Crippen LogP contribution in [0, 0.1) is 5.92 Å². The van der Waals surface area contributed by atoms with E-state index in [0.717, 1.165) is 17.2 Å². The molecule has 1 saturated carbocycles. The molecule has 18 heavy (non-hydrogen) atoms. The molecule has 1 aliphatic carbocycles. The van der Waals surface area contributed by atoms with Gasteiger partial charge in [-0.25, -0.2) is 9.97 Å². The van der Waals surface area contributed by atoms with Crippen LogP contribution in [-0.4, -0.2) is 14.5 Å². The van der Waals surface area contributed by atoms with Crippen molar-refractivity contribution in [1.82, 2.24) is 14.5 Å². The summed E-state index contributed by atoms with van der Waals surface area (Å²) in [5.74, 6) is 1.27. The Bertz CT molecular complexity index is 546. The highest BCUT2D eigenvalue weighted by atomic mass is 15.1. The molecule has 0 radical (unpaired) electrons. The van der Waals surface area contributed by atoms with Gasteiger partial charge in [-0.15, -0.1) is 0 Å². The average Bonchev–Trinajstić information content (AvgIpc) is 2.96. The molecular weight excluding hydrogens is 224 g/mol. The summed E-state index contributed by atoms with van der Waals surface area (Å²) in [6, 6.07) is 4.47. The van der Waals surface area contributed by atoms with Crippen LogP contribution in [0.25, 0.3) is 11.3 Å². The van der Waals surface area contributed by atoms with Crippen molar-refractivity contribution in [2.75, 3.05) is 5.73 Å². The Morgan fingerprint density at radius 1 is 1.39 bits per heavy atom. The van der Waals surface area contributed by atoms with Gasteiger partial charge in [0.2, 0.25) is 0 Å². The number of rotatable bonds is 2. The maximum atomic E-state index is 5.75. The molecule has 3 rings (SSSR count). The highest BCUT2D eigenvalue weighted by Gasteiger charge is 2.26. The number of imidazole rings is 1. The van der Waals surface area contributed by atoms with E-state index in [2.05, 4.69) is 21.5 Å². The summed E-state index contributed by atoms with van der Waals surface area (Å²) in [6.07, 6.45) is 9.46. The molecule has 0 aliphatic heterocycles. The lowest BCUT2D eigenvalue weighted by Crippen LogP contribution is -2.11. The Balaban J connectivity index is 2.01. The van der Waals surface area contributed by atoms with Gasteiger partial charge in [0.25, 0.3) is 0 Å². The highest BCUT2D eigenvalue weighted by molar-refractivity contribution is 5.61. The summed E-state index contributed by atoms with van der Waals surface area (Å²) >= 11 is 0. The van der Waals surface area contributed by atoms with E-state index in [-0.39, 0.29) is 0 Å². The predicted molar refractivity (Wildman–Crippen MR) is 71.9 cm³/mol.